The highest BCUT2D eigenvalue weighted by Gasteiger charge is 2.19. The van der Waals surface area contributed by atoms with Gasteiger partial charge in [-0.05, 0) is 71.0 Å². The molecule has 0 aromatic heterocycles. The van der Waals surface area contributed by atoms with Crippen LogP contribution in [0.1, 0.15) is 18.1 Å². The molecule has 0 atom stereocenters. The summed E-state index contributed by atoms with van der Waals surface area (Å²) in [5, 5.41) is 26.8. The molecular weight excluding hydrogens is 579 g/mol. The Morgan fingerprint density at radius 2 is 1.88 bits per heavy atom. The SMILES string of the molecule is CCOc1cc(/C=N/Nc2ccc([N+](=O)[O-])cc2[N+](=O)[O-])cc(I)c1OCc1cccc(Cl)c1. The molecule has 0 saturated carbocycles. The molecule has 34 heavy (non-hydrogen) atoms. The molecule has 3 aromatic carbocycles. The van der Waals surface area contributed by atoms with Crippen molar-refractivity contribution in [1.82, 2.24) is 0 Å². The second-order valence-electron chi connectivity index (χ2n) is 6.77. The van der Waals surface area contributed by atoms with Crippen molar-refractivity contribution in [1.29, 1.82) is 0 Å². The van der Waals surface area contributed by atoms with Crippen LogP contribution < -0.4 is 14.9 Å². The van der Waals surface area contributed by atoms with E-state index in [0.29, 0.717) is 35.3 Å². The number of rotatable bonds is 10. The number of nitrogens with zero attached hydrogens (tertiary/aromatic N) is 3. The molecule has 10 nitrogen and oxygen atoms in total. The molecular formula is C22H18ClIN4O6. The first-order valence-electron chi connectivity index (χ1n) is 9.84. The summed E-state index contributed by atoms with van der Waals surface area (Å²) in [6, 6.07) is 14.2. The van der Waals surface area contributed by atoms with Crippen molar-refractivity contribution in [2.45, 2.75) is 13.5 Å². The maximum atomic E-state index is 11.3. The maximum absolute atomic E-state index is 11.3. The predicted octanol–water partition coefficient (Wildman–Crippen LogP) is 6.18. The van der Waals surface area contributed by atoms with Gasteiger partial charge in [-0.2, -0.15) is 5.10 Å². The van der Waals surface area contributed by atoms with Crippen molar-refractivity contribution in [2.75, 3.05) is 12.0 Å². The monoisotopic (exact) mass is 596 g/mol. The Labute approximate surface area is 213 Å². The summed E-state index contributed by atoms with van der Waals surface area (Å²) < 4.78 is 12.5. The van der Waals surface area contributed by atoms with Gasteiger partial charge in [0.25, 0.3) is 5.69 Å². The zero-order valence-corrected chi connectivity index (χ0v) is 20.6. The van der Waals surface area contributed by atoms with Gasteiger partial charge >= 0.3 is 5.69 Å². The summed E-state index contributed by atoms with van der Waals surface area (Å²) in [6.45, 7) is 2.57. The number of nitro groups is 2. The van der Waals surface area contributed by atoms with Gasteiger partial charge in [0, 0.05) is 11.1 Å². The summed E-state index contributed by atoms with van der Waals surface area (Å²) >= 11 is 8.15. The Kier molecular flexibility index (Phi) is 8.60. The Hall–Kier alpha value is -3.45. The molecule has 12 heteroatoms. The van der Waals surface area contributed by atoms with Crippen LogP contribution in [0.5, 0.6) is 11.5 Å². The van der Waals surface area contributed by atoms with Crippen LogP contribution in [0.4, 0.5) is 17.1 Å². The molecule has 0 aliphatic rings. The third-order valence-electron chi connectivity index (χ3n) is 4.39. The summed E-state index contributed by atoms with van der Waals surface area (Å²) in [7, 11) is 0. The lowest BCUT2D eigenvalue weighted by Gasteiger charge is -2.15. The summed E-state index contributed by atoms with van der Waals surface area (Å²) in [6.07, 6.45) is 1.45. The van der Waals surface area contributed by atoms with Crippen LogP contribution >= 0.6 is 34.2 Å². The molecule has 176 valence electrons. The van der Waals surface area contributed by atoms with Gasteiger partial charge in [0.2, 0.25) is 0 Å². The van der Waals surface area contributed by atoms with E-state index < -0.39 is 15.5 Å². The largest absolute Gasteiger partial charge is 0.490 e. The van der Waals surface area contributed by atoms with E-state index in [1.807, 2.05) is 31.2 Å². The van der Waals surface area contributed by atoms with E-state index in [4.69, 9.17) is 21.1 Å². The van der Waals surface area contributed by atoms with Crippen LogP contribution in [0.3, 0.4) is 0 Å². The third-order valence-corrected chi connectivity index (χ3v) is 5.43. The van der Waals surface area contributed by atoms with E-state index in [1.165, 1.54) is 12.3 Å². The van der Waals surface area contributed by atoms with Crippen LogP contribution in [-0.2, 0) is 6.61 Å². The van der Waals surface area contributed by atoms with Gasteiger partial charge in [-0.25, -0.2) is 0 Å². The van der Waals surface area contributed by atoms with Crippen LogP contribution in [0.2, 0.25) is 5.02 Å². The quantitative estimate of drug-likeness (QED) is 0.128. The molecule has 0 fully saturated rings. The van der Waals surface area contributed by atoms with E-state index in [1.54, 1.807) is 12.1 Å². The van der Waals surface area contributed by atoms with E-state index in [0.717, 1.165) is 21.3 Å². The number of nitro benzene ring substituents is 2. The number of benzene rings is 3. The van der Waals surface area contributed by atoms with Crippen molar-refractivity contribution in [3.63, 3.8) is 0 Å². The first-order chi connectivity index (χ1) is 16.3. The van der Waals surface area contributed by atoms with Gasteiger partial charge in [-0.3, -0.25) is 25.7 Å². The molecule has 0 spiro atoms. The summed E-state index contributed by atoms with van der Waals surface area (Å²) in [5.74, 6) is 1.08. The molecule has 0 unspecified atom stereocenters. The fourth-order valence-electron chi connectivity index (χ4n) is 2.90. The number of ether oxygens (including phenoxy) is 2. The smallest absolute Gasteiger partial charge is 0.301 e. The molecule has 0 saturated heterocycles. The minimum Gasteiger partial charge on any atom is -0.490 e. The number of nitrogens with one attached hydrogen (secondary N) is 1. The fraction of sp³-hybridized carbons (Fsp3) is 0.136. The molecule has 0 radical (unpaired) electrons. The normalized spacial score (nSPS) is 10.8. The van der Waals surface area contributed by atoms with Gasteiger partial charge in [-0.15, -0.1) is 0 Å². The first-order valence-corrected chi connectivity index (χ1v) is 11.3. The maximum Gasteiger partial charge on any atom is 0.301 e. The Morgan fingerprint density at radius 1 is 1.09 bits per heavy atom. The molecule has 0 bridgehead atoms. The standard InChI is InChI=1S/C22H18ClIN4O6/c1-2-33-21-10-15(9-18(24)22(21)34-13-14-4-3-5-16(23)8-14)12-25-26-19-7-6-17(27(29)30)11-20(19)28(31)32/h3-12,26H,2,13H2,1H3/b25-12+. The third kappa shape index (κ3) is 6.54. The number of hydrazone groups is 1. The van der Waals surface area contributed by atoms with Crippen molar-refractivity contribution in [2.24, 2.45) is 5.10 Å². The highest BCUT2D eigenvalue weighted by molar-refractivity contribution is 14.1. The van der Waals surface area contributed by atoms with Crippen LogP contribution in [0, 0.1) is 23.8 Å². The number of non-ortho nitro benzene ring substituents is 1. The number of anilines is 1. The van der Waals surface area contributed by atoms with Gasteiger partial charge in [0.05, 0.1) is 32.3 Å². The van der Waals surface area contributed by atoms with E-state index in [9.17, 15) is 20.2 Å². The molecule has 3 aromatic rings. The molecule has 0 aliphatic heterocycles. The van der Waals surface area contributed by atoms with E-state index in [-0.39, 0.29) is 11.4 Å². The van der Waals surface area contributed by atoms with Crippen molar-refractivity contribution >= 4 is 57.5 Å². The van der Waals surface area contributed by atoms with Crippen molar-refractivity contribution in [3.8, 4) is 11.5 Å². The Balaban J connectivity index is 1.80. The summed E-state index contributed by atoms with van der Waals surface area (Å²) in [4.78, 5) is 20.7. The molecule has 1 N–H and O–H groups in total. The van der Waals surface area contributed by atoms with Crippen LogP contribution in [-0.4, -0.2) is 22.7 Å². The molecule has 0 aliphatic carbocycles. The van der Waals surface area contributed by atoms with E-state index >= 15 is 0 Å². The van der Waals surface area contributed by atoms with Gasteiger partial charge in [-0.1, -0.05) is 23.7 Å². The number of hydrogen-bond acceptors (Lipinski definition) is 8. The second-order valence-corrected chi connectivity index (χ2v) is 8.37. The van der Waals surface area contributed by atoms with E-state index in [2.05, 4.69) is 33.1 Å². The highest BCUT2D eigenvalue weighted by Crippen LogP contribution is 2.35. The lowest BCUT2D eigenvalue weighted by Crippen LogP contribution is -2.03. The molecule has 0 heterocycles. The zero-order valence-electron chi connectivity index (χ0n) is 17.7. The highest BCUT2D eigenvalue weighted by atomic mass is 127. The van der Waals surface area contributed by atoms with Crippen LogP contribution in [0.25, 0.3) is 0 Å². The van der Waals surface area contributed by atoms with Crippen molar-refractivity contribution in [3.05, 3.63) is 94.5 Å². The lowest BCUT2D eigenvalue weighted by molar-refractivity contribution is -0.393. The Bertz CT molecular complexity index is 1250. The average Bonchev–Trinajstić information content (AvgIpc) is 2.78. The topological polar surface area (TPSA) is 129 Å². The average molecular weight is 597 g/mol. The predicted molar refractivity (Wildman–Crippen MR) is 137 cm³/mol. The van der Waals surface area contributed by atoms with Crippen LogP contribution in [0.15, 0.2) is 59.7 Å². The minimum atomic E-state index is -0.715. The van der Waals surface area contributed by atoms with Gasteiger partial charge in [0.15, 0.2) is 11.5 Å². The summed E-state index contributed by atoms with van der Waals surface area (Å²) in [5.41, 5.74) is 3.31. The zero-order chi connectivity index (χ0) is 24.7. The van der Waals surface area contributed by atoms with Crippen molar-refractivity contribution < 1.29 is 19.3 Å². The second kappa shape index (κ2) is 11.6. The number of hydrogen-bond donors (Lipinski definition) is 1. The number of halogens is 2. The minimum absolute atomic E-state index is 0.0213. The van der Waals surface area contributed by atoms with Gasteiger partial charge in [0.1, 0.15) is 12.3 Å². The molecule has 3 rings (SSSR count). The molecule has 0 amide bonds. The Morgan fingerprint density at radius 3 is 2.56 bits per heavy atom. The lowest BCUT2D eigenvalue weighted by atomic mass is 10.2. The van der Waals surface area contributed by atoms with Gasteiger partial charge < -0.3 is 9.47 Å². The first kappa shape index (κ1) is 25.2. The fourth-order valence-corrected chi connectivity index (χ4v) is 3.90.